The van der Waals surface area contributed by atoms with Crippen molar-refractivity contribution in [2.45, 2.75) is 33.2 Å². The second-order valence-corrected chi connectivity index (χ2v) is 5.27. The highest BCUT2D eigenvalue weighted by molar-refractivity contribution is 5.62. The van der Waals surface area contributed by atoms with Crippen LogP contribution in [-0.2, 0) is 0 Å². The molecule has 0 aliphatic heterocycles. The van der Waals surface area contributed by atoms with Crippen molar-refractivity contribution in [3.05, 3.63) is 53.9 Å². The van der Waals surface area contributed by atoms with E-state index in [1.807, 2.05) is 13.2 Å². The first kappa shape index (κ1) is 15.5. The molecule has 1 aromatic heterocycles. The zero-order valence-corrected chi connectivity index (χ0v) is 13.4. The second kappa shape index (κ2) is 7.23. The van der Waals surface area contributed by atoms with Crippen molar-refractivity contribution in [2.75, 3.05) is 18.5 Å². The van der Waals surface area contributed by atoms with Gasteiger partial charge in [0.1, 0.15) is 0 Å². The zero-order chi connectivity index (χ0) is 15.2. The average Bonchev–Trinajstić information content (AvgIpc) is 2.52. The Balaban J connectivity index is 2.24. The molecule has 0 amide bonds. The predicted octanol–water partition coefficient (Wildman–Crippen LogP) is 4.22. The molecule has 2 aromatic rings. The highest BCUT2D eigenvalue weighted by Crippen LogP contribution is 2.26. The van der Waals surface area contributed by atoms with E-state index >= 15 is 0 Å². The maximum Gasteiger partial charge on any atom is 0.0597 e. The molecule has 0 fully saturated rings. The number of hydrogen-bond acceptors (Lipinski definition) is 3. The van der Waals surface area contributed by atoms with Gasteiger partial charge in [-0.2, -0.15) is 0 Å². The molecule has 0 saturated heterocycles. The van der Waals surface area contributed by atoms with E-state index in [1.165, 1.54) is 11.3 Å². The molecule has 0 saturated carbocycles. The number of anilines is 2. The summed E-state index contributed by atoms with van der Waals surface area (Å²) in [5.41, 5.74) is 4.72. The number of nitrogens with one attached hydrogen (secondary N) is 1. The van der Waals surface area contributed by atoms with E-state index in [4.69, 9.17) is 0 Å². The number of pyridine rings is 1. The Labute approximate surface area is 128 Å². The summed E-state index contributed by atoms with van der Waals surface area (Å²) < 4.78 is 0. The molecule has 0 aliphatic rings. The van der Waals surface area contributed by atoms with Crippen LogP contribution in [0.25, 0.3) is 0 Å². The van der Waals surface area contributed by atoms with E-state index in [-0.39, 0.29) is 0 Å². The number of benzene rings is 1. The van der Waals surface area contributed by atoms with Crippen LogP contribution >= 0.6 is 0 Å². The summed E-state index contributed by atoms with van der Waals surface area (Å²) in [6.45, 7) is 7.37. The molecule has 112 valence electrons. The Morgan fingerprint density at radius 1 is 1.05 bits per heavy atom. The van der Waals surface area contributed by atoms with Gasteiger partial charge in [-0.15, -0.1) is 0 Å². The SMILES string of the molecule is CCC(NC)c1ccc(N(CC)c2ccc(C)cc2)cn1. The van der Waals surface area contributed by atoms with Gasteiger partial charge in [-0.25, -0.2) is 0 Å². The number of nitrogens with zero attached hydrogens (tertiary/aromatic N) is 2. The Morgan fingerprint density at radius 2 is 1.71 bits per heavy atom. The van der Waals surface area contributed by atoms with E-state index < -0.39 is 0 Å². The van der Waals surface area contributed by atoms with Crippen LogP contribution < -0.4 is 10.2 Å². The van der Waals surface area contributed by atoms with Gasteiger partial charge in [-0.3, -0.25) is 4.98 Å². The van der Waals surface area contributed by atoms with E-state index in [0.29, 0.717) is 6.04 Å². The number of aryl methyl sites for hydroxylation is 1. The summed E-state index contributed by atoms with van der Waals surface area (Å²) in [4.78, 5) is 6.90. The lowest BCUT2D eigenvalue weighted by Gasteiger charge is -2.24. The molecule has 0 spiro atoms. The van der Waals surface area contributed by atoms with Crippen LogP contribution in [0.15, 0.2) is 42.6 Å². The lowest BCUT2D eigenvalue weighted by Crippen LogP contribution is -2.18. The molecule has 0 bridgehead atoms. The molecule has 0 aliphatic carbocycles. The summed E-state index contributed by atoms with van der Waals surface area (Å²) in [6, 6.07) is 13.2. The molecule has 1 unspecified atom stereocenters. The lowest BCUT2D eigenvalue weighted by molar-refractivity contribution is 0.561. The second-order valence-electron chi connectivity index (χ2n) is 5.27. The fourth-order valence-corrected chi connectivity index (χ4v) is 2.56. The summed E-state index contributed by atoms with van der Waals surface area (Å²) >= 11 is 0. The molecule has 2 rings (SSSR count). The van der Waals surface area contributed by atoms with Crippen molar-refractivity contribution < 1.29 is 0 Å². The van der Waals surface area contributed by atoms with Gasteiger partial charge in [-0.1, -0.05) is 24.6 Å². The van der Waals surface area contributed by atoms with Crippen LogP contribution in [0.5, 0.6) is 0 Å². The summed E-state index contributed by atoms with van der Waals surface area (Å²) in [5, 5.41) is 3.29. The molecular weight excluding hydrogens is 258 g/mol. The van der Waals surface area contributed by atoms with Crippen molar-refractivity contribution in [3.63, 3.8) is 0 Å². The quantitative estimate of drug-likeness (QED) is 0.860. The van der Waals surface area contributed by atoms with E-state index in [1.54, 1.807) is 0 Å². The smallest absolute Gasteiger partial charge is 0.0597 e. The normalized spacial score (nSPS) is 12.2. The Bertz CT molecular complexity index is 542. The average molecular weight is 283 g/mol. The molecule has 1 aromatic carbocycles. The number of aromatic nitrogens is 1. The minimum atomic E-state index is 0.327. The van der Waals surface area contributed by atoms with Crippen LogP contribution in [-0.4, -0.2) is 18.6 Å². The van der Waals surface area contributed by atoms with Crippen LogP contribution in [0.3, 0.4) is 0 Å². The van der Waals surface area contributed by atoms with Crippen LogP contribution in [0, 0.1) is 6.92 Å². The Kier molecular flexibility index (Phi) is 5.34. The van der Waals surface area contributed by atoms with Gasteiger partial charge < -0.3 is 10.2 Å². The third-order valence-electron chi connectivity index (χ3n) is 3.86. The lowest BCUT2D eigenvalue weighted by atomic mass is 10.1. The fourth-order valence-electron chi connectivity index (χ4n) is 2.56. The zero-order valence-electron chi connectivity index (χ0n) is 13.4. The number of hydrogen-bond donors (Lipinski definition) is 1. The molecule has 3 heteroatoms. The monoisotopic (exact) mass is 283 g/mol. The van der Waals surface area contributed by atoms with Crippen molar-refractivity contribution in [3.8, 4) is 0 Å². The largest absolute Gasteiger partial charge is 0.341 e. The van der Waals surface area contributed by atoms with Crippen molar-refractivity contribution in [2.24, 2.45) is 0 Å². The summed E-state index contributed by atoms with van der Waals surface area (Å²) in [7, 11) is 1.98. The maximum atomic E-state index is 4.63. The van der Waals surface area contributed by atoms with Crippen LogP contribution in [0.4, 0.5) is 11.4 Å². The van der Waals surface area contributed by atoms with Gasteiger partial charge in [0, 0.05) is 18.3 Å². The molecular formula is C18H25N3. The van der Waals surface area contributed by atoms with Crippen molar-refractivity contribution in [1.29, 1.82) is 0 Å². The van der Waals surface area contributed by atoms with E-state index in [9.17, 15) is 0 Å². The highest BCUT2D eigenvalue weighted by Gasteiger charge is 2.11. The van der Waals surface area contributed by atoms with Crippen molar-refractivity contribution in [1.82, 2.24) is 10.3 Å². The first-order chi connectivity index (χ1) is 10.2. The van der Waals surface area contributed by atoms with Crippen LogP contribution in [0.2, 0.25) is 0 Å². The summed E-state index contributed by atoms with van der Waals surface area (Å²) in [6.07, 6.45) is 3.01. The standard InChI is InChI=1S/C18H25N3/c1-5-17(19-4)18-12-11-16(13-20-18)21(6-2)15-9-7-14(3)8-10-15/h7-13,17,19H,5-6H2,1-4H3. The van der Waals surface area contributed by atoms with Crippen molar-refractivity contribution >= 4 is 11.4 Å². The van der Waals surface area contributed by atoms with Gasteiger partial charge in [0.15, 0.2) is 0 Å². The maximum absolute atomic E-state index is 4.63. The highest BCUT2D eigenvalue weighted by atomic mass is 15.1. The van der Waals surface area contributed by atoms with Gasteiger partial charge in [0.2, 0.25) is 0 Å². The summed E-state index contributed by atoms with van der Waals surface area (Å²) in [5.74, 6) is 0. The van der Waals surface area contributed by atoms with Gasteiger partial charge in [0.25, 0.3) is 0 Å². The minimum Gasteiger partial charge on any atom is -0.341 e. The van der Waals surface area contributed by atoms with E-state index in [0.717, 1.165) is 24.3 Å². The Hall–Kier alpha value is -1.87. The molecule has 1 heterocycles. The topological polar surface area (TPSA) is 28.2 Å². The van der Waals surface area contributed by atoms with Gasteiger partial charge in [-0.05, 0) is 51.6 Å². The molecule has 21 heavy (non-hydrogen) atoms. The first-order valence-electron chi connectivity index (χ1n) is 7.67. The van der Waals surface area contributed by atoms with Crippen LogP contribution in [0.1, 0.15) is 37.6 Å². The number of rotatable bonds is 6. The Morgan fingerprint density at radius 3 is 2.19 bits per heavy atom. The first-order valence-corrected chi connectivity index (χ1v) is 7.67. The van der Waals surface area contributed by atoms with Gasteiger partial charge >= 0.3 is 0 Å². The fraction of sp³-hybridized carbons (Fsp3) is 0.389. The molecule has 1 N–H and O–H groups in total. The third kappa shape index (κ3) is 3.61. The molecule has 3 nitrogen and oxygen atoms in total. The molecule has 0 radical (unpaired) electrons. The minimum absolute atomic E-state index is 0.327. The predicted molar refractivity (Wildman–Crippen MR) is 90.2 cm³/mol. The van der Waals surface area contributed by atoms with Gasteiger partial charge in [0.05, 0.1) is 17.6 Å². The van der Waals surface area contributed by atoms with E-state index in [2.05, 4.69) is 72.4 Å². The molecule has 1 atom stereocenters. The third-order valence-corrected chi connectivity index (χ3v) is 3.86.